The molecule has 0 aliphatic carbocycles. The molecule has 0 amide bonds. The van der Waals surface area contributed by atoms with E-state index in [0.717, 1.165) is 18.8 Å². The molecule has 0 saturated heterocycles. The Labute approximate surface area is 130 Å². The fraction of sp³-hybridized carbons (Fsp3) is 0.444. The number of aliphatic hydroxyl groups is 2. The van der Waals surface area contributed by atoms with Crippen molar-refractivity contribution in [1.29, 1.82) is 0 Å². The fourth-order valence-corrected chi connectivity index (χ4v) is 0.851. The highest BCUT2D eigenvalue weighted by Crippen LogP contribution is 2.08. The summed E-state index contributed by atoms with van der Waals surface area (Å²) in [4.78, 5) is 0. The van der Waals surface area contributed by atoms with Crippen molar-refractivity contribution >= 4 is 0 Å². The van der Waals surface area contributed by atoms with Crippen LogP contribution >= 0.6 is 0 Å². The van der Waals surface area contributed by atoms with Gasteiger partial charge in [0.2, 0.25) is 0 Å². The molecule has 1 rings (SSSR count). The van der Waals surface area contributed by atoms with E-state index in [4.69, 9.17) is 14.9 Å². The van der Waals surface area contributed by atoms with Crippen LogP contribution in [0, 0.1) is 0 Å². The summed E-state index contributed by atoms with van der Waals surface area (Å²) >= 11 is 0. The van der Waals surface area contributed by atoms with Crippen LogP contribution in [0.3, 0.4) is 0 Å². The summed E-state index contributed by atoms with van der Waals surface area (Å²) in [6.07, 6.45) is 5.82. The van der Waals surface area contributed by atoms with Crippen LogP contribution in [-0.2, 0) is 0 Å². The summed E-state index contributed by atoms with van der Waals surface area (Å²) < 4.78 is 5.45. The van der Waals surface area contributed by atoms with Gasteiger partial charge < -0.3 is 14.9 Å². The molecule has 122 valence electrons. The number of hydrogen-bond acceptors (Lipinski definition) is 3. The fourth-order valence-electron chi connectivity index (χ4n) is 0.851. The Balaban J connectivity index is -0.000000270. The highest BCUT2D eigenvalue weighted by atomic mass is 16.5. The Morgan fingerprint density at radius 3 is 1.76 bits per heavy atom. The average molecular weight is 296 g/mol. The van der Waals surface area contributed by atoms with Gasteiger partial charge in [0.05, 0.1) is 19.8 Å². The molecule has 2 N–H and O–H groups in total. The van der Waals surface area contributed by atoms with Crippen molar-refractivity contribution in [3.63, 3.8) is 0 Å². The van der Waals surface area contributed by atoms with Crippen LogP contribution in [0.4, 0.5) is 0 Å². The molecule has 21 heavy (non-hydrogen) atoms. The normalized spacial score (nSPS) is 7.67. The standard InChI is InChI=1S/C10H14O.2C3H6.C2H6O2/c1-2-3-9-11-10-7-5-4-6-8-10;2*1-3-2;3-1-2-4/h4-8H,2-3,9H2,1H3;2*3H,1H2,2H3;3-4H,1-2H2. The van der Waals surface area contributed by atoms with Gasteiger partial charge in [0.1, 0.15) is 5.75 Å². The Kier molecular flexibility index (Phi) is 31.3. The Bertz CT molecular complexity index is 276. The zero-order chi connectivity index (χ0) is 16.8. The number of rotatable bonds is 5. The molecule has 0 radical (unpaired) electrons. The van der Waals surface area contributed by atoms with Crippen molar-refractivity contribution in [1.82, 2.24) is 0 Å². The summed E-state index contributed by atoms with van der Waals surface area (Å²) in [5.74, 6) is 0.973. The first kappa shape index (κ1) is 24.4. The van der Waals surface area contributed by atoms with E-state index in [1.807, 2.05) is 44.2 Å². The largest absolute Gasteiger partial charge is 0.494 e. The van der Waals surface area contributed by atoms with E-state index in [2.05, 4.69) is 20.1 Å². The third-order valence-corrected chi connectivity index (χ3v) is 1.61. The van der Waals surface area contributed by atoms with Gasteiger partial charge in [-0.15, -0.1) is 13.2 Å². The summed E-state index contributed by atoms with van der Waals surface area (Å²) in [6, 6.07) is 9.93. The highest BCUT2D eigenvalue weighted by Gasteiger charge is 1.88. The van der Waals surface area contributed by atoms with Gasteiger partial charge in [-0.3, -0.25) is 0 Å². The van der Waals surface area contributed by atoms with Gasteiger partial charge in [0.15, 0.2) is 0 Å². The second kappa shape index (κ2) is 26.9. The van der Waals surface area contributed by atoms with E-state index in [9.17, 15) is 0 Å². The van der Waals surface area contributed by atoms with Gasteiger partial charge in [-0.05, 0) is 32.4 Å². The quantitative estimate of drug-likeness (QED) is 0.632. The van der Waals surface area contributed by atoms with Crippen LogP contribution in [0.1, 0.15) is 33.6 Å². The van der Waals surface area contributed by atoms with Crippen molar-refractivity contribution in [3.8, 4) is 5.75 Å². The van der Waals surface area contributed by atoms with Crippen LogP contribution in [0.15, 0.2) is 55.6 Å². The molecule has 1 aromatic carbocycles. The topological polar surface area (TPSA) is 49.7 Å². The van der Waals surface area contributed by atoms with E-state index < -0.39 is 0 Å². The molecule has 0 spiro atoms. The van der Waals surface area contributed by atoms with Crippen LogP contribution in [-0.4, -0.2) is 30.0 Å². The lowest BCUT2D eigenvalue weighted by molar-refractivity contribution is 0.186. The van der Waals surface area contributed by atoms with Gasteiger partial charge in [-0.25, -0.2) is 0 Å². The van der Waals surface area contributed by atoms with Crippen molar-refractivity contribution in [2.75, 3.05) is 19.8 Å². The molecule has 0 bridgehead atoms. The van der Waals surface area contributed by atoms with Crippen molar-refractivity contribution in [2.45, 2.75) is 33.6 Å². The summed E-state index contributed by atoms with van der Waals surface area (Å²) in [6.45, 7) is 13.2. The minimum Gasteiger partial charge on any atom is -0.494 e. The number of para-hydroxylation sites is 1. The van der Waals surface area contributed by atoms with Gasteiger partial charge in [0, 0.05) is 0 Å². The van der Waals surface area contributed by atoms with Gasteiger partial charge in [-0.2, -0.15) is 0 Å². The van der Waals surface area contributed by atoms with Crippen LogP contribution in [0.2, 0.25) is 0 Å². The SMILES string of the molecule is C=CC.C=CC.CCCCOc1ccccc1.OCCO. The minimum absolute atomic E-state index is 0.125. The smallest absolute Gasteiger partial charge is 0.119 e. The summed E-state index contributed by atoms with van der Waals surface area (Å²) in [5.41, 5.74) is 0. The van der Waals surface area contributed by atoms with Gasteiger partial charge in [-0.1, -0.05) is 43.7 Å². The predicted octanol–water partition coefficient (Wildman–Crippen LogP) is 4.22. The molecule has 0 heterocycles. The first-order valence-electron chi connectivity index (χ1n) is 7.21. The lowest BCUT2D eigenvalue weighted by Crippen LogP contribution is -1.95. The monoisotopic (exact) mass is 296 g/mol. The molecule has 0 saturated carbocycles. The van der Waals surface area contributed by atoms with Crippen molar-refractivity contribution in [2.24, 2.45) is 0 Å². The molecule has 0 unspecified atom stereocenters. The van der Waals surface area contributed by atoms with E-state index in [1.165, 1.54) is 6.42 Å². The maximum absolute atomic E-state index is 7.62. The van der Waals surface area contributed by atoms with Gasteiger partial charge in [0.25, 0.3) is 0 Å². The molecule has 3 nitrogen and oxygen atoms in total. The molecule has 0 aliphatic rings. The summed E-state index contributed by atoms with van der Waals surface area (Å²) in [5, 5.41) is 15.2. The second-order valence-electron chi connectivity index (χ2n) is 3.78. The molecular formula is C18H32O3. The number of unbranched alkanes of at least 4 members (excludes halogenated alkanes) is 1. The number of aliphatic hydroxyl groups excluding tert-OH is 2. The number of benzene rings is 1. The Morgan fingerprint density at radius 2 is 1.43 bits per heavy atom. The van der Waals surface area contributed by atoms with E-state index in [0.29, 0.717) is 0 Å². The van der Waals surface area contributed by atoms with Gasteiger partial charge >= 0.3 is 0 Å². The number of allylic oxidation sites excluding steroid dienone is 2. The Hall–Kier alpha value is -1.58. The molecule has 0 fully saturated rings. The van der Waals surface area contributed by atoms with E-state index >= 15 is 0 Å². The van der Waals surface area contributed by atoms with Crippen LogP contribution in [0.25, 0.3) is 0 Å². The molecular weight excluding hydrogens is 264 g/mol. The molecule has 3 heteroatoms. The summed E-state index contributed by atoms with van der Waals surface area (Å²) in [7, 11) is 0. The number of ether oxygens (including phenoxy) is 1. The third kappa shape index (κ3) is 32.2. The van der Waals surface area contributed by atoms with Crippen LogP contribution < -0.4 is 4.74 Å². The Morgan fingerprint density at radius 1 is 1.00 bits per heavy atom. The maximum atomic E-state index is 7.62. The average Bonchev–Trinajstić information content (AvgIpc) is 2.50. The molecule has 1 aromatic rings. The van der Waals surface area contributed by atoms with Crippen molar-refractivity contribution in [3.05, 3.63) is 55.6 Å². The highest BCUT2D eigenvalue weighted by molar-refractivity contribution is 5.20. The van der Waals surface area contributed by atoms with E-state index in [1.54, 1.807) is 12.2 Å². The lowest BCUT2D eigenvalue weighted by Gasteiger charge is -2.03. The zero-order valence-electron chi connectivity index (χ0n) is 13.8. The third-order valence-electron chi connectivity index (χ3n) is 1.61. The molecule has 0 atom stereocenters. The first-order chi connectivity index (χ1) is 10.2. The lowest BCUT2D eigenvalue weighted by atomic mass is 10.3. The first-order valence-corrected chi connectivity index (χ1v) is 7.21. The predicted molar refractivity (Wildman–Crippen MR) is 92.8 cm³/mol. The molecule has 0 aliphatic heterocycles. The van der Waals surface area contributed by atoms with E-state index in [-0.39, 0.29) is 13.2 Å². The maximum Gasteiger partial charge on any atom is 0.119 e. The molecule has 0 aromatic heterocycles. The zero-order valence-corrected chi connectivity index (χ0v) is 13.8. The van der Waals surface area contributed by atoms with Crippen LogP contribution in [0.5, 0.6) is 5.75 Å². The van der Waals surface area contributed by atoms with Crippen molar-refractivity contribution < 1.29 is 14.9 Å². The minimum atomic E-state index is -0.125. The second-order valence-corrected chi connectivity index (χ2v) is 3.78. The number of hydrogen-bond donors (Lipinski definition) is 2.